The van der Waals surface area contributed by atoms with Gasteiger partial charge in [0.05, 0.1) is 6.54 Å². The summed E-state index contributed by atoms with van der Waals surface area (Å²) >= 11 is 6.08. The molecule has 7 heteroatoms. The van der Waals surface area contributed by atoms with Gasteiger partial charge in [0.15, 0.2) is 17.2 Å². The van der Waals surface area contributed by atoms with Crippen molar-refractivity contribution >= 4 is 17.5 Å². The lowest BCUT2D eigenvalue weighted by Crippen LogP contribution is -2.33. The van der Waals surface area contributed by atoms with E-state index in [9.17, 15) is 15.0 Å². The largest absolute Gasteiger partial charge is 0.505 e. The zero-order valence-corrected chi connectivity index (χ0v) is 15.6. The lowest BCUT2D eigenvalue weighted by Gasteiger charge is -2.20. The summed E-state index contributed by atoms with van der Waals surface area (Å²) in [7, 11) is 0. The maximum absolute atomic E-state index is 12.8. The molecule has 0 saturated carbocycles. The van der Waals surface area contributed by atoms with E-state index in [4.69, 9.17) is 16.3 Å². The van der Waals surface area contributed by atoms with Gasteiger partial charge in [-0.2, -0.15) is 0 Å². The predicted molar refractivity (Wildman–Crippen MR) is 105 cm³/mol. The third kappa shape index (κ3) is 3.46. The van der Waals surface area contributed by atoms with E-state index in [1.165, 1.54) is 17.2 Å². The maximum Gasteiger partial charge on any atom is 0.276 e. The minimum absolute atomic E-state index is 0.00228. The normalized spacial score (nSPS) is 13.4. The molecule has 0 aliphatic carbocycles. The summed E-state index contributed by atoms with van der Waals surface area (Å²) in [5, 5.41) is 21.0. The standard InChI is InChI=1S/C21H17ClN2O4/c22-16-4-1-3-13(10-16)14-9-15-12-24(7-8-28-20(15)18(26)11-14)21(27)19-17(25)5-2-6-23-19/h1-6,9-11,25-26H,7-8,12H2. The highest BCUT2D eigenvalue weighted by molar-refractivity contribution is 6.30. The first-order chi connectivity index (χ1) is 13.5. The first kappa shape index (κ1) is 18.1. The molecule has 6 nitrogen and oxygen atoms in total. The van der Waals surface area contributed by atoms with Gasteiger partial charge in [0.2, 0.25) is 0 Å². The fourth-order valence-corrected chi connectivity index (χ4v) is 3.41. The van der Waals surface area contributed by atoms with Gasteiger partial charge in [0.25, 0.3) is 5.91 Å². The van der Waals surface area contributed by atoms with Crippen LogP contribution in [0.2, 0.25) is 5.02 Å². The second-order valence-corrected chi connectivity index (χ2v) is 6.88. The minimum atomic E-state index is -0.401. The Kier molecular flexibility index (Phi) is 4.79. The Bertz CT molecular complexity index is 1050. The summed E-state index contributed by atoms with van der Waals surface area (Å²) in [5.74, 6) is -0.218. The van der Waals surface area contributed by atoms with Crippen LogP contribution in [0.4, 0.5) is 0 Å². The topological polar surface area (TPSA) is 82.9 Å². The minimum Gasteiger partial charge on any atom is -0.505 e. The van der Waals surface area contributed by atoms with Crippen LogP contribution in [0.5, 0.6) is 17.2 Å². The summed E-state index contributed by atoms with van der Waals surface area (Å²) in [6.45, 7) is 0.734. The van der Waals surface area contributed by atoms with Gasteiger partial charge in [-0.3, -0.25) is 4.79 Å². The molecule has 0 spiro atoms. The number of halogens is 1. The Hall–Kier alpha value is -3.25. The highest BCUT2D eigenvalue weighted by Crippen LogP contribution is 2.38. The van der Waals surface area contributed by atoms with E-state index in [0.717, 1.165) is 11.1 Å². The number of nitrogens with zero attached hydrogens (tertiary/aromatic N) is 2. The molecule has 2 N–H and O–H groups in total. The Balaban J connectivity index is 1.71. The van der Waals surface area contributed by atoms with Crippen LogP contribution in [0.25, 0.3) is 11.1 Å². The second kappa shape index (κ2) is 7.40. The van der Waals surface area contributed by atoms with Crippen LogP contribution in [0.1, 0.15) is 16.1 Å². The van der Waals surface area contributed by atoms with E-state index in [0.29, 0.717) is 22.9 Å². The number of hydrogen-bond donors (Lipinski definition) is 2. The van der Waals surface area contributed by atoms with Gasteiger partial charge in [0.1, 0.15) is 12.4 Å². The van der Waals surface area contributed by atoms with Crippen molar-refractivity contribution in [2.24, 2.45) is 0 Å². The maximum atomic E-state index is 12.8. The summed E-state index contributed by atoms with van der Waals surface area (Å²) < 4.78 is 5.69. The van der Waals surface area contributed by atoms with Crippen molar-refractivity contribution in [1.29, 1.82) is 0 Å². The molecule has 2 heterocycles. The van der Waals surface area contributed by atoms with Crippen LogP contribution < -0.4 is 4.74 Å². The predicted octanol–water partition coefficient (Wildman–Crippen LogP) is 3.85. The highest BCUT2D eigenvalue weighted by Gasteiger charge is 2.26. The van der Waals surface area contributed by atoms with Crippen LogP contribution in [0, 0.1) is 0 Å². The Morgan fingerprint density at radius 3 is 2.71 bits per heavy atom. The van der Waals surface area contributed by atoms with Gasteiger partial charge >= 0.3 is 0 Å². The molecule has 0 radical (unpaired) electrons. The zero-order valence-electron chi connectivity index (χ0n) is 14.8. The van der Waals surface area contributed by atoms with Crippen molar-refractivity contribution in [1.82, 2.24) is 9.88 Å². The van der Waals surface area contributed by atoms with Crippen LogP contribution in [0.3, 0.4) is 0 Å². The van der Waals surface area contributed by atoms with Crippen molar-refractivity contribution in [3.63, 3.8) is 0 Å². The summed E-state index contributed by atoms with van der Waals surface area (Å²) in [5.41, 5.74) is 2.25. The third-order valence-corrected chi connectivity index (χ3v) is 4.78. The van der Waals surface area contributed by atoms with Crippen LogP contribution >= 0.6 is 11.6 Å². The van der Waals surface area contributed by atoms with Crippen molar-refractivity contribution in [2.75, 3.05) is 13.2 Å². The number of carbonyl (C=O) groups excluding carboxylic acids is 1. The van der Waals surface area contributed by atoms with Crippen molar-refractivity contribution in [3.8, 4) is 28.4 Å². The number of ether oxygens (including phenoxy) is 1. The number of aromatic hydroxyl groups is 2. The lowest BCUT2D eigenvalue weighted by molar-refractivity contribution is 0.0724. The smallest absolute Gasteiger partial charge is 0.276 e. The first-order valence-corrected chi connectivity index (χ1v) is 9.08. The third-order valence-electron chi connectivity index (χ3n) is 4.55. The van der Waals surface area contributed by atoms with Crippen molar-refractivity contribution < 1.29 is 19.7 Å². The molecule has 2 aromatic carbocycles. The van der Waals surface area contributed by atoms with Crippen LogP contribution in [0.15, 0.2) is 54.7 Å². The molecule has 0 bridgehead atoms. The Morgan fingerprint density at radius 1 is 1.07 bits per heavy atom. The lowest BCUT2D eigenvalue weighted by atomic mass is 10.0. The molecular weight excluding hydrogens is 380 g/mol. The number of phenolic OH excluding ortho intramolecular Hbond substituents is 1. The second-order valence-electron chi connectivity index (χ2n) is 6.44. The van der Waals surface area contributed by atoms with E-state index in [1.807, 2.05) is 18.2 Å². The molecule has 0 atom stereocenters. The number of hydrogen-bond acceptors (Lipinski definition) is 5. The number of carbonyl (C=O) groups is 1. The zero-order chi connectivity index (χ0) is 19.7. The van der Waals surface area contributed by atoms with Gasteiger partial charge in [-0.05, 0) is 47.5 Å². The molecule has 3 aromatic rings. The molecule has 0 saturated heterocycles. The van der Waals surface area contributed by atoms with Crippen molar-refractivity contribution in [3.05, 3.63) is 71.0 Å². The molecule has 142 valence electrons. The Labute approximate surface area is 166 Å². The number of rotatable bonds is 2. The first-order valence-electron chi connectivity index (χ1n) is 8.71. The van der Waals surface area contributed by atoms with E-state index in [1.54, 1.807) is 24.3 Å². The van der Waals surface area contributed by atoms with E-state index in [-0.39, 0.29) is 30.3 Å². The Morgan fingerprint density at radius 2 is 1.93 bits per heavy atom. The fraction of sp³-hybridized carbons (Fsp3) is 0.143. The number of benzene rings is 2. The highest BCUT2D eigenvalue weighted by atomic mass is 35.5. The number of amides is 1. The van der Waals surface area contributed by atoms with E-state index >= 15 is 0 Å². The molecule has 1 aliphatic heterocycles. The monoisotopic (exact) mass is 396 g/mol. The number of fused-ring (bicyclic) bond motifs is 1. The average Bonchev–Trinajstić information content (AvgIpc) is 2.91. The van der Waals surface area contributed by atoms with Gasteiger partial charge in [0, 0.05) is 23.3 Å². The summed E-state index contributed by atoms with van der Waals surface area (Å²) in [4.78, 5) is 18.4. The van der Waals surface area contributed by atoms with Crippen LogP contribution in [-0.4, -0.2) is 39.2 Å². The quantitative estimate of drug-likeness (QED) is 0.687. The summed E-state index contributed by atoms with van der Waals surface area (Å²) in [6.07, 6.45) is 1.46. The molecule has 1 amide bonds. The average molecular weight is 397 g/mol. The number of pyridine rings is 1. The molecule has 1 aromatic heterocycles. The molecule has 4 rings (SSSR count). The molecular formula is C21H17ClN2O4. The van der Waals surface area contributed by atoms with Gasteiger partial charge in [-0.15, -0.1) is 0 Å². The molecule has 0 unspecified atom stereocenters. The van der Waals surface area contributed by atoms with Crippen molar-refractivity contribution in [2.45, 2.75) is 6.54 Å². The van der Waals surface area contributed by atoms with Crippen LogP contribution in [-0.2, 0) is 6.54 Å². The molecule has 0 fully saturated rings. The fourth-order valence-electron chi connectivity index (χ4n) is 3.22. The molecule has 1 aliphatic rings. The van der Waals surface area contributed by atoms with Gasteiger partial charge < -0.3 is 19.8 Å². The van der Waals surface area contributed by atoms with Gasteiger partial charge in [-0.25, -0.2) is 4.98 Å². The molecule has 28 heavy (non-hydrogen) atoms. The number of phenols is 1. The summed E-state index contributed by atoms with van der Waals surface area (Å²) in [6, 6.07) is 13.8. The van der Waals surface area contributed by atoms with E-state index in [2.05, 4.69) is 4.98 Å². The SMILES string of the molecule is O=C(c1ncccc1O)N1CCOc2c(O)cc(-c3cccc(Cl)c3)cc2C1. The van der Waals surface area contributed by atoms with Gasteiger partial charge in [-0.1, -0.05) is 23.7 Å². The number of aromatic nitrogens is 1. The van der Waals surface area contributed by atoms with E-state index < -0.39 is 5.91 Å².